The van der Waals surface area contributed by atoms with Crippen molar-refractivity contribution in [2.45, 2.75) is 20.0 Å². The number of halogens is 1. The highest BCUT2D eigenvalue weighted by Gasteiger charge is 2.05. The summed E-state index contributed by atoms with van der Waals surface area (Å²) in [6, 6.07) is 11.4. The molecule has 1 aromatic heterocycles. The second-order valence-corrected chi connectivity index (χ2v) is 5.41. The van der Waals surface area contributed by atoms with Gasteiger partial charge in [0.2, 0.25) is 5.88 Å². The van der Waals surface area contributed by atoms with Crippen LogP contribution in [-0.4, -0.2) is 38.8 Å². The summed E-state index contributed by atoms with van der Waals surface area (Å²) in [5.74, 6) is 2.71. The van der Waals surface area contributed by atoms with Crippen LogP contribution in [0.25, 0.3) is 0 Å². The molecule has 2 rings (SSSR count). The Kier molecular flexibility index (Phi) is 10.3. The van der Waals surface area contributed by atoms with Crippen molar-refractivity contribution in [3.63, 3.8) is 0 Å². The summed E-state index contributed by atoms with van der Waals surface area (Å²) in [7, 11) is 4.85. The van der Waals surface area contributed by atoms with Crippen molar-refractivity contribution >= 4 is 29.9 Å². The van der Waals surface area contributed by atoms with Crippen molar-refractivity contribution in [1.29, 1.82) is 0 Å². The van der Waals surface area contributed by atoms with Crippen LogP contribution in [0.4, 0.5) is 0 Å². The maximum Gasteiger partial charge on any atom is 0.213 e. The van der Waals surface area contributed by atoms with Gasteiger partial charge in [-0.05, 0) is 30.7 Å². The van der Waals surface area contributed by atoms with Crippen LogP contribution in [0.5, 0.6) is 17.4 Å². The Bertz CT molecular complexity index is 741. The SMILES string of the molecule is CCNC(=NCc1ccc(OC)c(OC)c1)NCc1cccc(OC)n1.I. The number of hydrogen-bond donors (Lipinski definition) is 2. The average Bonchev–Trinajstić information content (AvgIpc) is 2.69. The fourth-order valence-electron chi connectivity index (χ4n) is 2.34. The van der Waals surface area contributed by atoms with Crippen LogP contribution in [0.2, 0.25) is 0 Å². The number of hydrogen-bond acceptors (Lipinski definition) is 5. The third kappa shape index (κ3) is 7.12. The Morgan fingerprint density at radius 3 is 2.44 bits per heavy atom. The lowest BCUT2D eigenvalue weighted by atomic mass is 10.2. The van der Waals surface area contributed by atoms with Crippen molar-refractivity contribution in [3.05, 3.63) is 47.7 Å². The van der Waals surface area contributed by atoms with Gasteiger partial charge in [-0.1, -0.05) is 12.1 Å². The van der Waals surface area contributed by atoms with Crippen LogP contribution in [0, 0.1) is 0 Å². The molecule has 7 nitrogen and oxygen atoms in total. The van der Waals surface area contributed by atoms with E-state index in [0.717, 1.165) is 17.8 Å². The number of aromatic nitrogens is 1. The van der Waals surface area contributed by atoms with E-state index in [-0.39, 0.29) is 24.0 Å². The fourth-order valence-corrected chi connectivity index (χ4v) is 2.34. The standard InChI is InChI=1S/C19H26N4O3.HI/c1-5-20-19(22-13-15-7-6-8-18(23-15)26-4)21-12-14-9-10-16(24-2)17(11-14)25-3;/h6-11H,5,12-13H2,1-4H3,(H2,20,21,22);1H. The molecule has 0 atom stereocenters. The molecular formula is C19H27IN4O3. The van der Waals surface area contributed by atoms with E-state index in [2.05, 4.69) is 20.6 Å². The van der Waals surface area contributed by atoms with Crippen LogP contribution < -0.4 is 24.8 Å². The molecule has 0 radical (unpaired) electrons. The van der Waals surface area contributed by atoms with E-state index < -0.39 is 0 Å². The summed E-state index contributed by atoms with van der Waals surface area (Å²) in [4.78, 5) is 9.00. The molecule has 1 aromatic carbocycles. The summed E-state index contributed by atoms with van der Waals surface area (Å²) in [6.45, 7) is 3.86. The van der Waals surface area contributed by atoms with Gasteiger partial charge in [0.15, 0.2) is 17.5 Å². The Labute approximate surface area is 177 Å². The Balaban J connectivity index is 0.00000364. The first-order chi connectivity index (χ1) is 12.7. The fraction of sp³-hybridized carbons (Fsp3) is 0.368. The number of aliphatic imine (C=N–C) groups is 1. The van der Waals surface area contributed by atoms with E-state index in [1.54, 1.807) is 21.3 Å². The monoisotopic (exact) mass is 486 g/mol. The topological polar surface area (TPSA) is 77.0 Å². The lowest BCUT2D eigenvalue weighted by Crippen LogP contribution is -2.37. The van der Waals surface area contributed by atoms with E-state index >= 15 is 0 Å². The van der Waals surface area contributed by atoms with Crippen molar-refractivity contribution in [2.75, 3.05) is 27.9 Å². The second-order valence-electron chi connectivity index (χ2n) is 5.41. The molecule has 0 aliphatic carbocycles. The van der Waals surface area contributed by atoms with Crippen LogP contribution in [0.1, 0.15) is 18.2 Å². The first-order valence-electron chi connectivity index (χ1n) is 8.43. The van der Waals surface area contributed by atoms with Gasteiger partial charge in [-0.15, -0.1) is 24.0 Å². The van der Waals surface area contributed by atoms with Crippen molar-refractivity contribution in [1.82, 2.24) is 15.6 Å². The minimum atomic E-state index is 0. The molecule has 2 aromatic rings. The second kappa shape index (κ2) is 12.2. The number of rotatable bonds is 8. The summed E-state index contributed by atoms with van der Waals surface area (Å²) in [5.41, 5.74) is 1.90. The van der Waals surface area contributed by atoms with Crippen LogP contribution in [0.15, 0.2) is 41.4 Å². The Morgan fingerprint density at radius 2 is 1.78 bits per heavy atom. The zero-order chi connectivity index (χ0) is 18.8. The van der Waals surface area contributed by atoms with Crippen molar-refractivity contribution in [3.8, 4) is 17.4 Å². The summed E-state index contributed by atoms with van der Waals surface area (Å²) in [6.07, 6.45) is 0. The number of guanidine groups is 1. The van der Waals surface area contributed by atoms with E-state index in [9.17, 15) is 0 Å². The quantitative estimate of drug-likeness (QED) is 0.340. The number of benzene rings is 1. The maximum atomic E-state index is 5.33. The minimum Gasteiger partial charge on any atom is -0.493 e. The van der Waals surface area contributed by atoms with Gasteiger partial charge in [0.1, 0.15) is 0 Å². The third-order valence-corrected chi connectivity index (χ3v) is 3.64. The Morgan fingerprint density at radius 1 is 1.00 bits per heavy atom. The predicted molar refractivity (Wildman–Crippen MR) is 117 cm³/mol. The summed E-state index contributed by atoms with van der Waals surface area (Å²) in [5, 5.41) is 6.50. The number of pyridine rings is 1. The maximum absolute atomic E-state index is 5.33. The highest BCUT2D eigenvalue weighted by atomic mass is 127. The zero-order valence-electron chi connectivity index (χ0n) is 16.1. The minimum absolute atomic E-state index is 0. The first kappa shape index (κ1) is 22.8. The molecule has 0 aliphatic rings. The van der Waals surface area contributed by atoms with Gasteiger partial charge in [0.25, 0.3) is 0 Å². The van der Waals surface area contributed by atoms with Gasteiger partial charge < -0.3 is 24.8 Å². The summed E-state index contributed by atoms with van der Waals surface area (Å²) >= 11 is 0. The van der Waals surface area contributed by atoms with Crippen molar-refractivity contribution in [2.24, 2.45) is 4.99 Å². The molecule has 0 saturated carbocycles. The molecule has 0 bridgehead atoms. The number of nitrogens with one attached hydrogen (secondary N) is 2. The molecule has 8 heteroatoms. The molecule has 0 saturated heterocycles. The van der Waals surface area contributed by atoms with E-state index in [1.807, 2.05) is 43.3 Å². The molecule has 0 fully saturated rings. The van der Waals surface area contributed by atoms with Crippen LogP contribution >= 0.6 is 24.0 Å². The molecule has 0 amide bonds. The number of ether oxygens (including phenoxy) is 3. The Hall–Kier alpha value is -2.23. The molecule has 2 N–H and O–H groups in total. The molecule has 0 unspecified atom stereocenters. The molecular weight excluding hydrogens is 459 g/mol. The molecule has 0 spiro atoms. The van der Waals surface area contributed by atoms with Gasteiger partial charge in [0, 0.05) is 12.6 Å². The van der Waals surface area contributed by atoms with E-state index in [0.29, 0.717) is 36.4 Å². The van der Waals surface area contributed by atoms with E-state index in [1.165, 1.54) is 0 Å². The van der Waals surface area contributed by atoms with Gasteiger partial charge in [-0.2, -0.15) is 0 Å². The normalized spacial score (nSPS) is 10.6. The largest absolute Gasteiger partial charge is 0.493 e. The van der Waals surface area contributed by atoms with Gasteiger partial charge in [0.05, 0.1) is 40.1 Å². The van der Waals surface area contributed by atoms with Crippen molar-refractivity contribution < 1.29 is 14.2 Å². The molecule has 27 heavy (non-hydrogen) atoms. The third-order valence-electron chi connectivity index (χ3n) is 3.64. The lowest BCUT2D eigenvalue weighted by molar-refractivity contribution is 0.354. The molecule has 148 valence electrons. The predicted octanol–water partition coefficient (Wildman–Crippen LogP) is 2.98. The molecule has 1 heterocycles. The first-order valence-corrected chi connectivity index (χ1v) is 8.43. The highest BCUT2D eigenvalue weighted by Crippen LogP contribution is 2.27. The van der Waals surface area contributed by atoms with Gasteiger partial charge in [-0.25, -0.2) is 9.98 Å². The van der Waals surface area contributed by atoms with Gasteiger partial charge >= 0.3 is 0 Å². The van der Waals surface area contributed by atoms with Gasteiger partial charge in [-0.3, -0.25) is 0 Å². The highest BCUT2D eigenvalue weighted by molar-refractivity contribution is 14.0. The summed E-state index contributed by atoms with van der Waals surface area (Å²) < 4.78 is 15.7. The molecule has 0 aliphatic heterocycles. The van der Waals surface area contributed by atoms with Crippen LogP contribution in [0.3, 0.4) is 0 Å². The zero-order valence-corrected chi connectivity index (χ0v) is 18.4. The van der Waals surface area contributed by atoms with E-state index in [4.69, 9.17) is 14.2 Å². The number of methoxy groups -OCH3 is 3. The lowest BCUT2D eigenvalue weighted by Gasteiger charge is -2.12. The number of nitrogens with zero attached hydrogens (tertiary/aromatic N) is 2. The average molecular weight is 486 g/mol. The van der Waals surface area contributed by atoms with Crippen LogP contribution in [-0.2, 0) is 13.1 Å². The smallest absolute Gasteiger partial charge is 0.213 e.